The van der Waals surface area contributed by atoms with Crippen LogP contribution in [-0.4, -0.2) is 12.6 Å². The number of allylic oxidation sites excluding steroid dienone is 1. The number of rotatable bonds is 1. The third-order valence-corrected chi connectivity index (χ3v) is 6.19. The molecule has 0 amide bonds. The minimum Gasteiger partial charge on any atom is -0.454 e. The van der Waals surface area contributed by atoms with Crippen molar-refractivity contribution in [1.82, 2.24) is 0 Å². The van der Waals surface area contributed by atoms with Crippen molar-refractivity contribution in [3.05, 3.63) is 59.3 Å². The number of hydrogen-bond donors (Lipinski definition) is 1. The lowest BCUT2D eigenvalue weighted by molar-refractivity contribution is -0.116. The molecule has 0 unspecified atom stereocenters. The molecule has 0 fully saturated rings. The number of Topliss-reactive ketones (excluding diaryl/α,β-unsaturated/α-hetero) is 1. The molecule has 0 radical (unpaired) electrons. The van der Waals surface area contributed by atoms with Crippen molar-refractivity contribution in [1.29, 1.82) is 0 Å². The summed E-state index contributed by atoms with van der Waals surface area (Å²) >= 11 is 1.73. The van der Waals surface area contributed by atoms with Gasteiger partial charge in [0, 0.05) is 22.6 Å². The van der Waals surface area contributed by atoms with Crippen LogP contribution in [0.2, 0.25) is 0 Å². The van der Waals surface area contributed by atoms with Crippen LogP contribution in [0.15, 0.2) is 58.6 Å². The zero-order valence-corrected chi connectivity index (χ0v) is 14.4. The SMILES string of the molecule is O=C1CCCC2=C1[C@H](c1ccc3c(c1)OCO3)Sc1ccccc1N2. The van der Waals surface area contributed by atoms with E-state index in [9.17, 15) is 4.79 Å². The Labute approximate surface area is 150 Å². The van der Waals surface area contributed by atoms with E-state index >= 15 is 0 Å². The van der Waals surface area contributed by atoms with E-state index in [1.54, 1.807) is 11.8 Å². The smallest absolute Gasteiger partial charge is 0.231 e. The summed E-state index contributed by atoms with van der Waals surface area (Å²) < 4.78 is 11.0. The second kappa shape index (κ2) is 5.85. The van der Waals surface area contributed by atoms with Crippen LogP contribution in [0, 0.1) is 0 Å². The average Bonchev–Trinajstić information content (AvgIpc) is 3.02. The number of ether oxygens (including phenoxy) is 2. The average molecular weight is 351 g/mol. The van der Waals surface area contributed by atoms with Crippen molar-refractivity contribution in [2.45, 2.75) is 29.4 Å². The molecular formula is C20H17NO3S. The number of benzene rings is 2. The molecule has 2 heterocycles. The van der Waals surface area contributed by atoms with E-state index in [-0.39, 0.29) is 17.8 Å². The Hall–Kier alpha value is -2.40. The van der Waals surface area contributed by atoms with Crippen LogP contribution in [-0.2, 0) is 4.79 Å². The zero-order chi connectivity index (χ0) is 16.8. The number of nitrogens with one attached hydrogen (secondary N) is 1. The molecular weight excluding hydrogens is 334 g/mol. The highest BCUT2D eigenvalue weighted by molar-refractivity contribution is 8.00. The molecule has 4 nitrogen and oxygen atoms in total. The summed E-state index contributed by atoms with van der Waals surface area (Å²) in [6.45, 7) is 0.258. The number of carbonyl (C=O) groups excluding carboxylic acids is 1. The molecule has 5 heteroatoms. The van der Waals surface area contributed by atoms with Gasteiger partial charge in [0.2, 0.25) is 6.79 Å². The maximum atomic E-state index is 12.8. The Morgan fingerprint density at radius 2 is 1.92 bits per heavy atom. The first-order chi connectivity index (χ1) is 12.3. The van der Waals surface area contributed by atoms with Crippen molar-refractivity contribution in [3.63, 3.8) is 0 Å². The van der Waals surface area contributed by atoms with E-state index in [4.69, 9.17) is 9.47 Å². The number of anilines is 1. The predicted molar refractivity (Wildman–Crippen MR) is 97.1 cm³/mol. The van der Waals surface area contributed by atoms with Crippen LogP contribution in [0.1, 0.15) is 30.1 Å². The van der Waals surface area contributed by atoms with Gasteiger partial charge in [-0.25, -0.2) is 0 Å². The molecule has 5 rings (SSSR count). The van der Waals surface area contributed by atoms with Gasteiger partial charge in [-0.3, -0.25) is 4.79 Å². The minimum atomic E-state index is -0.0338. The fourth-order valence-corrected chi connectivity index (χ4v) is 4.96. The summed E-state index contributed by atoms with van der Waals surface area (Å²) in [4.78, 5) is 13.9. The van der Waals surface area contributed by atoms with Gasteiger partial charge in [-0.15, -0.1) is 11.8 Å². The molecule has 1 atom stereocenters. The van der Waals surface area contributed by atoms with Gasteiger partial charge in [-0.2, -0.15) is 0 Å². The monoisotopic (exact) mass is 351 g/mol. The van der Waals surface area contributed by atoms with Crippen molar-refractivity contribution < 1.29 is 14.3 Å². The number of thioether (sulfide) groups is 1. The summed E-state index contributed by atoms with van der Waals surface area (Å²) in [6.07, 6.45) is 2.45. The zero-order valence-electron chi connectivity index (χ0n) is 13.6. The van der Waals surface area contributed by atoms with Crippen molar-refractivity contribution in [3.8, 4) is 11.5 Å². The Bertz CT molecular complexity index is 906. The molecule has 2 aromatic carbocycles. The van der Waals surface area contributed by atoms with Crippen molar-refractivity contribution >= 4 is 23.2 Å². The van der Waals surface area contributed by atoms with E-state index in [1.807, 2.05) is 30.3 Å². The molecule has 1 aliphatic carbocycles. The topological polar surface area (TPSA) is 47.6 Å². The van der Waals surface area contributed by atoms with Gasteiger partial charge in [-0.05, 0) is 42.7 Å². The van der Waals surface area contributed by atoms with Crippen LogP contribution in [0.25, 0.3) is 0 Å². The predicted octanol–water partition coefficient (Wildman–Crippen LogP) is 4.68. The van der Waals surface area contributed by atoms with Gasteiger partial charge in [0.25, 0.3) is 0 Å². The van der Waals surface area contributed by atoms with Gasteiger partial charge in [0.1, 0.15) is 0 Å². The molecule has 0 spiro atoms. The Morgan fingerprint density at radius 1 is 1.04 bits per heavy atom. The molecule has 2 aromatic rings. The summed E-state index contributed by atoms with van der Waals surface area (Å²) in [7, 11) is 0. The first-order valence-corrected chi connectivity index (χ1v) is 9.36. The highest BCUT2D eigenvalue weighted by atomic mass is 32.2. The van der Waals surface area contributed by atoms with E-state index in [2.05, 4.69) is 17.4 Å². The van der Waals surface area contributed by atoms with Crippen LogP contribution in [0.3, 0.4) is 0 Å². The molecule has 0 saturated heterocycles. The molecule has 25 heavy (non-hydrogen) atoms. The highest BCUT2D eigenvalue weighted by Gasteiger charge is 2.33. The maximum absolute atomic E-state index is 12.8. The number of hydrogen-bond acceptors (Lipinski definition) is 5. The number of fused-ring (bicyclic) bond motifs is 2. The Morgan fingerprint density at radius 3 is 2.88 bits per heavy atom. The molecule has 3 aliphatic rings. The number of carbonyl (C=O) groups is 1. The standard InChI is InChI=1S/C20H17NO3S/c22-15-6-3-5-14-19(15)20(25-18-7-2-1-4-13(18)21-14)12-8-9-16-17(10-12)24-11-23-16/h1-2,4,7-10,20-21H,3,5-6,11H2/t20-/m0/s1. The fourth-order valence-electron chi connectivity index (χ4n) is 3.63. The van der Waals surface area contributed by atoms with E-state index in [0.717, 1.165) is 51.8 Å². The summed E-state index contributed by atoms with van der Waals surface area (Å²) in [6, 6.07) is 14.3. The van der Waals surface area contributed by atoms with Crippen LogP contribution in [0.4, 0.5) is 5.69 Å². The lowest BCUT2D eigenvalue weighted by Crippen LogP contribution is -2.19. The van der Waals surface area contributed by atoms with Crippen molar-refractivity contribution in [2.75, 3.05) is 12.1 Å². The Kier molecular flexibility index (Phi) is 3.48. The molecule has 2 aliphatic heterocycles. The maximum Gasteiger partial charge on any atom is 0.231 e. The van der Waals surface area contributed by atoms with E-state index < -0.39 is 0 Å². The minimum absolute atomic E-state index is 0.0338. The molecule has 0 bridgehead atoms. The largest absolute Gasteiger partial charge is 0.454 e. The van der Waals surface area contributed by atoms with E-state index in [0.29, 0.717) is 6.42 Å². The highest BCUT2D eigenvalue weighted by Crippen LogP contribution is 2.50. The van der Waals surface area contributed by atoms with Crippen LogP contribution < -0.4 is 14.8 Å². The summed E-state index contributed by atoms with van der Waals surface area (Å²) in [5, 5.41) is 3.49. The Balaban J connectivity index is 1.66. The molecule has 0 saturated carbocycles. The van der Waals surface area contributed by atoms with Gasteiger partial charge >= 0.3 is 0 Å². The molecule has 126 valence electrons. The van der Waals surface area contributed by atoms with Crippen LogP contribution in [0.5, 0.6) is 11.5 Å². The second-order valence-electron chi connectivity index (χ2n) is 6.40. The lowest BCUT2D eigenvalue weighted by Gasteiger charge is -2.24. The van der Waals surface area contributed by atoms with Gasteiger partial charge in [0.05, 0.1) is 10.9 Å². The van der Waals surface area contributed by atoms with E-state index in [1.165, 1.54) is 0 Å². The van der Waals surface area contributed by atoms with Crippen molar-refractivity contribution in [2.24, 2.45) is 0 Å². The lowest BCUT2D eigenvalue weighted by atomic mass is 9.89. The second-order valence-corrected chi connectivity index (χ2v) is 7.55. The molecule has 0 aromatic heterocycles. The summed E-state index contributed by atoms with van der Waals surface area (Å²) in [5.74, 6) is 1.77. The fraction of sp³-hybridized carbons (Fsp3) is 0.250. The first kappa shape index (κ1) is 14.9. The van der Waals surface area contributed by atoms with Gasteiger partial charge in [0.15, 0.2) is 17.3 Å². The molecule has 1 N–H and O–H groups in total. The first-order valence-electron chi connectivity index (χ1n) is 8.48. The summed E-state index contributed by atoms with van der Waals surface area (Å²) in [5.41, 5.74) is 4.14. The van der Waals surface area contributed by atoms with Gasteiger partial charge in [-0.1, -0.05) is 18.2 Å². The number of para-hydroxylation sites is 1. The van der Waals surface area contributed by atoms with Crippen LogP contribution >= 0.6 is 11.8 Å². The third-order valence-electron chi connectivity index (χ3n) is 4.84. The van der Waals surface area contributed by atoms with Gasteiger partial charge < -0.3 is 14.8 Å². The third kappa shape index (κ3) is 2.50. The normalized spacial score (nSPS) is 21.3. The quantitative estimate of drug-likeness (QED) is 0.808. The number of ketones is 1.